The summed E-state index contributed by atoms with van der Waals surface area (Å²) in [5, 5.41) is 13.7. The lowest BCUT2D eigenvalue weighted by Crippen LogP contribution is -2.39. The van der Waals surface area contributed by atoms with E-state index in [0.29, 0.717) is 12.8 Å². The second-order valence-electron chi connectivity index (χ2n) is 4.62. The third kappa shape index (κ3) is 5.76. The van der Waals surface area contributed by atoms with Crippen LogP contribution < -0.4 is 10.6 Å². The molecule has 0 aliphatic carbocycles. The summed E-state index contributed by atoms with van der Waals surface area (Å²) in [4.78, 5) is 22.4. The highest BCUT2D eigenvalue weighted by Crippen LogP contribution is 2.09. The van der Waals surface area contributed by atoms with E-state index in [1.165, 1.54) is 0 Å². The van der Waals surface area contributed by atoms with Crippen LogP contribution in [0.1, 0.15) is 25.3 Å². The van der Waals surface area contributed by atoms with E-state index in [-0.39, 0.29) is 18.7 Å². The van der Waals surface area contributed by atoms with Gasteiger partial charge in [-0.05, 0) is 24.6 Å². The summed E-state index contributed by atoms with van der Waals surface area (Å²) in [6.45, 7) is 1.66. The third-order valence-electron chi connectivity index (χ3n) is 2.94. The zero-order valence-electron chi connectivity index (χ0n) is 11.7. The molecule has 21 heavy (non-hydrogen) atoms. The first-order chi connectivity index (χ1) is 9.93. The molecule has 0 bridgehead atoms. The van der Waals surface area contributed by atoms with Crippen molar-refractivity contribution in [1.82, 2.24) is 10.6 Å². The van der Waals surface area contributed by atoms with Gasteiger partial charge in [-0.15, -0.1) is 0 Å². The highest BCUT2D eigenvalue weighted by atomic mass is 19.1. The molecule has 1 aromatic carbocycles. The summed E-state index contributed by atoms with van der Waals surface area (Å²) in [5.74, 6) is -2.85. The van der Waals surface area contributed by atoms with Gasteiger partial charge in [0.2, 0.25) is 0 Å². The summed E-state index contributed by atoms with van der Waals surface area (Å²) in [7, 11) is 0. The van der Waals surface area contributed by atoms with Gasteiger partial charge in [-0.1, -0.05) is 13.3 Å². The first-order valence-corrected chi connectivity index (χ1v) is 6.62. The fraction of sp³-hybridized carbons (Fsp3) is 0.429. The standard InChI is InChI=1S/C14H18F2N2O3/c1-2-3-9(13(19)20)7-17-14(21)18-8-10-6-11(15)4-5-12(10)16/h4-6,9H,2-3,7-8H2,1H3,(H,19,20)(H2,17,18,21). The van der Waals surface area contributed by atoms with Gasteiger partial charge in [-0.25, -0.2) is 13.6 Å². The molecule has 0 radical (unpaired) electrons. The van der Waals surface area contributed by atoms with Crippen molar-refractivity contribution < 1.29 is 23.5 Å². The number of halogens is 2. The lowest BCUT2D eigenvalue weighted by molar-refractivity contribution is -0.141. The molecule has 5 nitrogen and oxygen atoms in total. The number of amides is 2. The van der Waals surface area contributed by atoms with Gasteiger partial charge in [0.25, 0.3) is 0 Å². The van der Waals surface area contributed by atoms with E-state index in [1.807, 2.05) is 6.92 Å². The number of benzene rings is 1. The van der Waals surface area contributed by atoms with Crippen molar-refractivity contribution in [3.8, 4) is 0 Å². The molecule has 1 atom stereocenters. The number of carboxylic acid groups (broad SMARTS) is 1. The van der Waals surface area contributed by atoms with Crippen molar-refractivity contribution in [3.63, 3.8) is 0 Å². The quantitative estimate of drug-likeness (QED) is 0.723. The first-order valence-electron chi connectivity index (χ1n) is 6.62. The SMILES string of the molecule is CCCC(CNC(=O)NCc1cc(F)ccc1F)C(=O)O. The van der Waals surface area contributed by atoms with Gasteiger partial charge in [-0.2, -0.15) is 0 Å². The van der Waals surface area contributed by atoms with Crippen molar-refractivity contribution in [2.75, 3.05) is 6.54 Å². The molecule has 3 N–H and O–H groups in total. The van der Waals surface area contributed by atoms with E-state index >= 15 is 0 Å². The van der Waals surface area contributed by atoms with Crippen LogP contribution in [0.15, 0.2) is 18.2 Å². The molecule has 0 aliphatic heterocycles. The largest absolute Gasteiger partial charge is 0.481 e. The van der Waals surface area contributed by atoms with Crippen LogP contribution in [-0.2, 0) is 11.3 Å². The van der Waals surface area contributed by atoms with Gasteiger partial charge in [0.1, 0.15) is 11.6 Å². The Bertz CT molecular complexity index is 509. The van der Waals surface area contributed by atoms with E-state index in [2.05, 4.69) is 10.6 Å². The molecule has 0 heterocycles. The monoisotopic (exact) mass is 300 g/mol. The smallest absolute Gasteiger partial charge is 0.315 e. The Balaban J connectivity index is 2.43. The average Bonchev–Trinajstić information content (AvgIpc) is 2.44. The zero-order chi connectivity index (χ0) is 15.8. The normalized spacial score (nSPS) is 11.8. The Morgan fingerprint density at radius 1 is 1.29 bits per heavy atom. The topological polar surface area (TPSA) is 78.4 Å². The Morgan fingerprint density at radius 2 is 2.00 bits per heavy atom. The molecule has 0 fully saturated rings. The van der Waals surface area contributed by atoms with Crippen molar-refractivity contribution in [2.45, 2.75) is 26.3 Å². The van der Waals surface area contributed by atoms with Crippen LogP contribution in [0.5, 0.6) is 0 Å². The minimum Gasteiger partial charge on any atom is -0.481 e. The van der Waals surface area contributed by atoms with Crippen LogP contribution in [0.2, 0.25) is 0 Å². The summed E-state index contributed by atoms with van der Waals surface area (Å²) >= 11 is 0. The van der Waals surface area contributed by atoms with Crippen LogP contribution in [0.3, 0.4) is 0 Å². The molecule has 7 heteroatoms. The molecule has 1 aromatic rings. The number of rotatable bonds is 7. The molecule has 0 saturated carbocycles. The highest BCUT2D eigenvalue weighted by molar-refractivity contribution is 5.75. The molecule has 0 saturated heterocycles. The van der Waals surface area contributed by atoms with Crippen molar-refractivity contribution in [1.29, 1.82) is 0 Å². The number of carbonyl (C=O) groups is 2. The predicted octanol–water partition coefficient (Wildman–Crippen LogP) is 2.26. The van der Waals surface area contributed by atoms with Crippen LogP contribution in [0, 0.1) is 17.6 Å². The van der Waals surface area contributed by atoms with E-state index in [0.717, 1.165) is 18.2 Å². The molecular formula is C14H18F2N2O3. The Hall–Kier alpha value is -2.18. The fourth-order valence-electron chi connectivity index (χ4n) is 1.79. The molecule has 0 spiro atoms. The fourth-order valence-corrected chi connectivity index (χ4v) is 1.79. The van der Waals surface area contributed by atoms with Gasteiger partial charge in [0.15, 0.2) is 0 Å². The van der Waals surface area contributed by atoms with Crippen molar-refractivity contribution >= 4 is 12.0 Å². The van der Waals surface area contributed by atoms with Crippen molar-refractivity contribution in [3.05, 3.63) is 35.4 Å². The van der Waals surface area contributed by atoms with Gasteiger partial charge < -0.3 is 15.7 Å². The molecule has 1 unspecified atom stereocenters. The molecule has 0 aliphatic rings. The second kappa shape index (κ2) is 8.18. The molecular weight excluding hydrogens is 282 g/mol. The average molecular weight is 300 g/mol. The Morgan fingerprint density at radius 3 is 2.62 bits per heavy atom. The first kappa shape index (κ1) is 16.9. The maximum atomic E-state index is 13.3. The lowest BCUT2D eigenvalue weighted by atomic mass is 10.0. The van der Waals surface area contributed by atoms with Crippen LogP contribution in [0.4, 0.5) is 13.6 Å². The number of hydrogen-bond acceptors (Lipinski definition) is 2. The van der Waals surface area contributed by atoms with Crippen molar-refractivity contribution in [2.24, 2.45) is 5.92 Å². The van der Waals surface area contributed by atoms with Crippen LogP contribution >= 0.6 is 0 Å². The predicted molar refractivity (Wildman–Crippen MR) is 72.6 cm³/mol. The molecule has 0 aromatic heterocycles. The number of urea groups is 1. The second-order valence-corrected chi connectivity index (χ2v) is 4.62. The summed E-state index contributed by atoms with van der Waals surface area (Å²) < 4.78 is 26.3. The maximum absolute atomic E-state index is 13.3. The van der Waals surface area contributed by atoms with E-state index < -0.39 is 29.6 Å². The summed E-state index contributed by atoms with van der Waals surface area (Å²) in [5.41, 5.74) is 0.0218. The van der Waals surface area contributed by atoms with E-state index in [9.17, 15) is 18.4 Å². The van der Waals surface area contributed by atoms with E-state index in [1.54, 1.807) is 0 Å². The Labute approximate surface area is 121 Å². The molecule has 2 amide bonds. The molecule has 116 valence electrons. The summed E-state index contributed by atoms with van der Waals surface area (Å²) in [6.07, 6.45) is 1.14. The Kier molecular flexibility index (Phi) is 6.58. The highest BCUT2D eigenvalue weighted by Gasteiger charge is 2.17. The minimum atomic E-state index is -0.978. The number of nitrogens with one attached hydrogen (secondary N) is 2. The van der Waals surface area contributed by atoms with Gasteiger partial charge in [0, 0.05) is 18.7 Å². The van der Waals surface area contributed by atoms with E-state index in [4.69, 9.17) is 5.11 Å². The minimum absolute atomic E-state index is 0.0133. The van der Waals surface area contributed by atoms with Crippen LogP contribution in [0.25, 0.3) is 0 Å². The van der Waals surface area contributed by atoms with Crippen LogP contribution in [-0.4, -0.2) is 23.7 Å². The van der Waals surface area contributed by atoms with Gasteiger partial charge >= 0.3 is 12.0 Å². The zero-order valence-corrected chi connectivity index (χ0v) is 11.7. The third-order valence-corrected chi connectivity index (χ3v) is 2.94. The van der Waals surface area contributed by atoms with Gasteiger partial charge in [0.05, 0.1) is 5.92 Å². The molecule has 1 rings (SSSR count). The maximum Gasteiger partial charge on any atom is 0.315 e. The van der Waals surface area contributed by atoms with Gasteiger partial charge in [-0.3, -0.25) is 4.79 Å². The number of hydrogen-bond donors (Lipinski definition) is 3. The number of aliphatic carboxylic acids is 1. The number of carbonyl (C=O) groups excluding carboxylic acids is 1. The lowest BCUT2D eigenvalue weighted by Gasteiger charge is -2.13. The number of carboxylic acids is 1. The summed E-state index contributed by atoms with van der Waals surface area (Å²) in [6, 6.07) is 2.33.